The van der Waals surface area contributed by atoms with E-state index in [1.54, 1.807) is 0 Å². The fourth-order valence-corrected chi connectivity index (χ4v) is 0. The standard InChI is InChI=1S/122CH4/h122*1H4. The summed E-state index contributed by atoms with van der Waals surface area (Å²) in [5.41, 5.74) is 0. The van der Waals surface area contributed by atoms with Crippen molar-refractivity contribution in [2.24, 2.45) is 0 Å². The highest BCUT2D eigenvalue weighted by Crippen LogP contribution is 0.265. The summed E-state index contributed by atoms with van der Waals surface area (Å²) in [6.45, 7) is 0. The van der Waals surface area contributed by atoms with Gasteiger partial charge in [0, 0.05) is 0 Å². The number of hydrogen-bond donors (Lipinski definition) is 0. The maximum atomic E-state index is 0. The Morgan fingerprint density at radius 3 is 0.00820 bits per heavy atom. The number of rotatable bonds is 0. The lowest BCUT2D eigenvalue weighted by Crippen LogP contribution is 0.143. The lowest BCUT2D eigenvalue weighted by molar-refractivity contribution is 2.50. The van der Waals surface area contributed by atoms with Crippen LogP contribution in [0.3, 0.4) is 0 Å². The first kappa shape index (κ1) is 0. The van der Waals surface area contributed by atoms with Gasteiger partial charge in [-0.2, -0.15) is 0 Å². The molecule has 0 bridgehead atoms. The lowest BCUT2D eigenvalue weighted by atomic mass is 12.0. The molecule has 0 nitrogen and oxygen atoms in total. The van der Waals surface area contributed by atoms with Crippen molar-refractivity contribution in [3.05, 3.63) is 0 Å². The fraction of sp³-hybridized carbons (Fsp3) is 1.00. The summed E-state index contributed by atoms with van der Waals surface area (Å²) in [6.07, 6.45) is 0. The molecular weight excluding hydrogens is 1470 g/mol. The SMILES string of the molecule is C.C.C.C.C.C.C.C.C.C.C.C.C.C.C.C.C.C.C.C.C.C.C.C.C.C.C.C.C.C.C.C.C.C.C.C.C.C.C.C.C.C.C.C.C.C.C.C.C.C.C.C.C.C.C.C.C.C.C.C.C.C.C.C.C.C.C.C.C.C.C.C.C.C.C.C.C.C.C.C.C.C.C.C.C.C.C.C.C.C.C.C.C.C.C.C.C.C.C.C.C.C.C.C.C.C.C.C.C.C.C.C.C.C.C.C.C.C.C.C.C.C. The molecule has 0 atom stereocenters. The highest BCUT2D eigenvalue weighted by molar-refractivity contribution is 2.62. The zero-order valence-electron chi connectivity index (χ0n) is 0. The molecule has 0 saturated carbocycles. The molecule has 0 heteroatoms. The van der Waals surface area contributed by atoms with Crippen LogP contribution in [0, 0.1) is 0 Å². The minimum absolute atomic E-state index is 0. The average Bonchev–Trinajstić information content (AvgIpc) is 0. The van der Waals surface area contributed by atoms with E-state index in [-0.39, 0.29) is 906 Å². The third-order valence-corrected chi connectivity index (χ3v) is 0. The zero-order valence-corrected chi connectivity index (χ0v) is 0. The normalized spacial score (nSPS) is 0. The second-order valence-corrected chi connectivity index (χ2v) is 0. The first-order chi connectivity index (χ1) is 0. The van der Waals surface area contributed by atoms with Gasteiger partial charge in [0.05, 0.1) is 0 Å². The molecule has 0 spiro atoms. The molecule has 122 heavy (non-hydrogen) atoms. The Morgan fingerprint density at radius 2 is 0.00820 bits per heavy atom. The van der Waals surface area contributed by atoms with Crippen molar-refractivity contribution in [1.29, 1.82) is 0 Å². The van der Waals surface area contributed by atoms with Crippen LogP contribution >= 0.6 is 0 Å². The van der Waals surface area contributed by atoms with Crippen LogP contribution in [0.25, 0.3) is 0 Å². The van der Waals surface area contributed by atoms with Crippen LogP contribution in [0.1, 0.15) is 906 Å². The van der Waals surface area contributed by atoms with E-state index in [1.165, 1.54) is 0 Å². The van der Waals surface area contributed by atoms with E-state index < -0.39 is 0 Å². The molecule has 0 amide bonds. The minimum atomic E-state index is 0. The molecule has 0 radical (unpaired) electrons. The summed E-state index contributed by atoms with van der Waals surface area (Å²) in [5, 5.41) is 0. The van der Waals surface area contributed by atoms with Gasteiger partial charge in [0.15, 0.2) is 0 Å². The molecule has 0 N–H and O–H groups in total. The molecule has 0 aromatic carbocycles. The van der Waals surface area contributed by atoms with E-state index in [1.807, 2.05) is 0 Å². The van der Waals surface area contributed by atoms with E-state index in [2.05, 4.69) is 0 Å². The van der Waals surface area contributed by atoms with E-state index in [9.17, 15) is 0 Å². The van der Waals surface area contributed by atoms with Gasteiger partial charge in [0.1, 0.15) is 0 Å². The van der Waals surface area contributed by atoms with Gasteiger partial charge < -0.3 is 0 Å². The first-order valence-electron chi connectivity index (χ1n) is 0. The van der Waals surface area contributed by atoms with E-state index >= 15 is 0 Å². The topological polar surface area (TPSA) is 0 Å². The van der Waals surface area contributed by atoms with Crippen LogP contribution in [0.15, 0.2) is 0 Å². The van der Waals surface area contributed by atoms with Gasteiger partial charge in [-0.15, -0.1) is 0 Å². The van der Waals surface area contributed by atoms with Crippen LogP contribution in [0.5, 0.6) is 0 Å². The monoisotopic (exact) mass is 1960 g/mol. The highest BCUT2D eigenvalue weighted by atomic mass is 12.1. The van der Waals surface area contributed by atoms with E-state index in [0.717, 1.165) is 0 Å². The molecule has 0 aromatic rings. The third-order valence-electron chi connectivity index (χ3n) is 0. The lowest BCUT2D eigenvalue weighted by Gasteiger charge is -0.0786. The Labute approximate surface area is 901 Å². The first-order valence-corrected chi connectivity index (χ1v) is 0. The van der Waals surface area contributed by atoms with E-state index in [4.69, 9.17) is 0 Å². The second kappa shape index (κ2) is 0. The fourth-order valence-electron chi connectivity index (χ4n) is 0. The summed E-state index contributed by atoms with van der Waals surface area (Å²) in [6, 6.07) is 0. The van der Waals surface area contributed by atoms with Crippen molar-refractivity contribution in [1.82, 2.24) is 0 Å². The molecule has 0 aliphatic rings. The maximum absolute atomic E-state index is 0. The average molecular weight is 1960 g/mol. The van der Waals surface area contributed by atoms with Gasteiger partial charge in [0.25, 0.3) is 0 Å². The Hall–Kier alpha value is 0. The summed E-state index contributed by atoms with van der Waals surface area (Å²) in [5.74, 6) is 0. The third kappa shape index (κ3) is 0. The molecular formula is C122H488. The molecule has 0 aromatic heterocycles. The molecule has 0 aliphatic heterocycles. The van der Waals surface area contributed by atoms with Crippen molar-refractivity contribution in [3.63, 3.8) is 0 Å². The molecule has 0 fully saturated rings. The van der Waals surface area contributed by atoms with Gasteiger partial charge in [0.2, 0.25) is 0 Å². The predicted molar refractivity (Wildman–Crippen MR) is 821 cm³/mol. The van der Waals surface area contributed by atoms with Crippen LogP contribution < -0.4 is 0 Å². The van der Waals surface area contributed by atoms with Gasteiger partial charge in [-0.05, 0) is 0 Å². The van der Waals surface area contributed by atoms with Gasteiger partial charge in [-0.1, -0.05) is 906 Å². The summed E-state index contributed by atoms with van der Waals surface area (Å²) >= 11 is 0. The van der Waals surface area contributed by atoms with E-state index in [0.29, 0.717) is 0 Å². The Kier molecular flexibility index (Phi) is 0. The molecule has 0 aliphatic carbocycles. The largest absolute Gasteiger partial charge is 0.0776 e. The zero-order chi connectivity index (χ0) is 0. The molecule has 976 valence electrons. The molecule has 0 rings (SSSR count). The van der Waals surface area contributed by atoms with Crippen LogP contribution in [-0.2, 0) is 0 Å². The molecule has 0 heterocycles. The van der Waals surface area contributed by atoms with Gasteiger partial charge >= 0.3 is 0 Å². The van der Waals surface area contributed by atoms with Gasteiger partial charge in [-0.25, -0.2) is 0 Å². The smallest absolute Gasteiger partial charge is 0.0776 e. The van der Waals surface area contributed by atoms with Crippen LogP contribution in [-0.4, -0.2) is 0 Å². The summed E-state index contributed by atoms with van der Waals surface area (Å²) in [4.78, 5) is 0. The highest BCUT2D eigenvalue weighted by Gasteiger charge is 0.0434. The van der Waals surface area contributed by atoms with Crippen molar-refractivity contribution < 1.29 is 0 Å². The Bertz CT molecular complexity index is 0. The predicted octanol–water partition coefficient (Wildman–Crippen LogP) is 77.6. The Balaban J connectivity index is 0. The summed E-state index contributed by atoms with van der Waals surface area (Å²) in [7, 11) is 0. The van der Waals surface area contributed by atoms with Gasteiger partial charge in [-0.3, -0.25) is 0 Å². The van der Waals surface area contributed by atoms with Crippen molar-refractivity contribution in [2.75, 3.05) is 0 Å². The summed E-state index contributed by atoms with van der Waals surface area (Å²) < 4.78 is 0. The minimum Gasteiger partial charge on any atom is -0.0776 e. The molecule has 0 unspecified atom stereocenters. The second-order valence-electron chi connectivity index (χ2n) is 0. The quantitative estimate of drug-likeness (QED) is 0.227. The Morgan fingerprint density at radius 1 is 0.00820 bits per heavy atom. The van der Waals surface area contributed by atoms with Crippen molar-refractivity contribution >= 4 is 0 Å². The number of hydrogen-bond acceptors (Lipinski definition) is 0. The molecule has 0 saturated heterocycles. The van der Waals surface area contributed by atoms with Crippen molar-refractivity contribution in [2.45, 2.75) is 906 Å². The van der Waals surface area contributed by atoms with Crippen LogP contribution in [0.2, 0.25) is 0 Å². The maximum Gasteiger partial charge on any atom is -0.0776 e. The van der Waals surface area contributed by atoms with Crippen molar-refractivity contribution in [3.8, 4) is 0 Å². The van der Waals surface area contributed by atoms with Crippen LogP contribution in [0.4, 0.5) is 0 Å².